The van der Waals surface area contributed by atoms with E-state index in [0.717, 1.165) is 22.7 Å². The summed E-state index contributed by atoms with van der Waals surface area (Å²) in [5.74, 6) is 0. The first-order valence-corrected chi connectivity index (χ1v) is 22.0. The molecule has 4 heteroatoms. The number of nitrogens with zero attached hydrogens (tertiary/aromatic N) is 3. The van der Waals surface area contributed by atoms with Crippen LogP contribution in [0.25, 0.3) is 97.1 Å². The maximum Gasteiger partial charge on any atom is 0.0640 e. The van der Waals surface area contributed by atoms with E-state index in [1.165, 1.54) is 91.4 Å². The number of anilines is 3. The number of rotatable bonds is 6. The van der Waals surface area contributed by atoms with Crippen molar-refractivity contribution >= 4 is 103 Å². The molecule has 0 atom stereocenters. The number of thiophene rings is 1. The number of hydrogen-bond donors (Lipinski definition) is 0. The monoisotopic (exact) mass is 807 g/mol. The summed E-state index contributed by atoms with van der Waals surface area (Å²) in [6.45, 7) is 0. The first kappa shape index (κ1) is 34.9. The molecule has 3 nitrogen and oxygen atoms in total. The van der Waals surface area contributed by atoms with Gasteiger partial charge < -0.3 is 14.0 Å². The summed E-state index contributed by atoms with van der Waals surface area (Å²) in [6.07, 6.45) is 0. The Kier molecular flexibility index (Phi) is 7.78. The average molecular weight is 808 g/mol. The number of benzene rings is 10. The molecular weight excluding hydrogens is 771 g/mol. The zero-order valence-corrected chi connectivity index (χ0v) is 34.4. The van der Waals surface area contributed by atoms with Gasteiger partial charge in [-0.3, -0.25) is 0 Å². The maximum atomic E-state index is 2.49. The minimum Gasteiger partial charge on any atom is -0.309 e. The van der Waals surface area contributed by atoms with Gasteiger partial charge in [-0.05, 0) is 89.3 Å². The van der Waals surface area contributed by atoms with Crippen LogP contribution in [0.3, 0.4) is 0 Å². The fraction of sp³-hybridized carbons (Fsp3) is 0. The maximum absolute atomic E-state index is 2.49. The SMILES string of the molecule is c1ccc(-n2c3ccccc3c3c(N(c4ccc(-c5cccc(-n6c7ccccc7c7ccc8ccccc8c76)c5)cc4)c4cccc5c4sc4ccccc45)cccc32)cc1. The third kappa shape index (κ3) is 5.24. The summed E-state index contributed by atoms with van der Waals surface area (Å²) < 4.78 is 7.42. The molecule has 0 spiro atoms. The van der Waals surface area contributed by atoms with Gasteiger partial charge in [0.25, 0.3) is 0 Å². The highest BCUT2D eigenvalue weighted by Gasteiger charge is 2.24. The van der Waals surface area contributed by atoms with Gasteiger partial charge in [-0.2, -0.15) is 0 Å². The average Bonchev–Trinajstić information content (AvgIpc) is 4.01. The predicted octanol–water partition coefficient (Wildman–Crippen LogP) is 16.5. The van der Waals surface area contributed by atoms with Crippen LogP contribution >= 0.6 is 11.3 Å². The summed E-state index contributed by atoms with van der Waals surface area (Å²) in [5, 5.41) is 10.0. The Morgan fingerprint density at radius 3 is 1.84 bits per heavy atom. The van der Waals surface area contributed by atoms with E-state index in [1.807, 2.05) is 11.3 Å². The fourth-order valence-corrected chi connectivity index (χ4v) is 11.2. The third-order valence-corrected chi connectivity index (χ3v) is 13.9. The van der Waals surface area contributed by atoms with Crippen LogP contribution in [0.1, 0.15) is 0 Å². The van der Waals surface area contributed by atoms with E-state index in [9.17, 15) is 0 Å². The van der Waals surface area contributed by atoms with E-state index < -0.39 is 0 Å². The zero-order valence-electron chi connectivity index (χ0n) is 33.6. The van der Waals surface area contributed by atoms with Crippen molar-refractivity contribution in [1.29, 1.82) is 0 Å². The van der Waals surface area contributed by atoms with Crippen LogP contribution < -0.4 is 4.90 Å². The summed E-state index contributed by atoms with van der Waals surface area (Å²) >= 11 is 1.87. The molecule has 290 valence electrons. The Bertz CT molecular complexity index is 3870. The Hall–Kier alpha value is -7.92. The molecule has 0 amide bonds. The number of fused-ring (bicyclic) bond motifs is 11. The summed E-state index contributed by atoms with van der Waals surface area (Å²) in [7, 11) is 0. The van der Waals surface area contributed by atoms with Gasteiger partial charge in [-0.15, -0.1) is 11.3 Å². The number of aromatic nitrogens is 2. The minimum atomic E-state index is 1.10. The summed E-state index contributed by atoms with van der Waals surface area (Å²) in [4.78, 5) is 2.49. The molecule has 10 aromatic carbocycles. The van der Waals surface area contributed by atoms with Crippen molar-refractivity contribution in [3.63, 3.8) is 0 Å². The van der Waals surface area contributed by atoms with Crippen LogP contribution in [0.15, 0.2) is 224 Å². The lowest BCUT2D eigenvalue weighted by molar-refractivity contribution is 1.18. The van der Waals surface area contributed by atoms with Crippen molar-refractivity contribution in [2.45, 2.75) is 0 Å². The largest absolute Gasteiger partial charge is 0.309 e. The smallest absolute Gasteiger partial charge is 0.0640 e. The molecule has 0 unspecified atom stereocenters. The Labute approximate surface area is 362 Å². The van der Waals surface area contributed by atoms with E-state index in [0.29, 0.717) is 0 Å². The highest BCUT2D eigenvalue weighted by Crippen LogP contribution is 2.48. The van der Waals surface area contributed by atoms with Gasteiger partial charge >= 0.3 is 0 Å². The van der Waals surface area contributed by atoms with E-state index >= 15 is 0 Å². The number of hydrogen-bond acceptors (Lipinski definition) is 2. The summed E-state index contributed by atoms with van der Waals surface area (Å²) in [6, 6.07) is 82.1. The van der Waals surface area contributed by atoms with Crippen LogP contribution in [-0.4, -0.2) is 9.13 Å². The lowest BCUT2D eigenvalue weighted by Crippen LogP contribution is -2.10. The standard InChI is InChI=1S/C58H37N3S/c1-2-17-41(18-3-1)59-51-26-10-7-23-49(51)56-52(59)27-14-28-53(56)60(54-29-13-24-48-46-22-8-11-30-55(46)62-58(48)54)42-34-31-38(32-35-42)40-16-12-19-43(37-40)61-50-25-9-6-21-45(50)47-36-33-39-15-4-5-20-44(39)57(47)61/h1-37H. The second kappa shape index (κ2) is 13.8. The quantitative estimate of drug-likeness (QED) is 0.163. The van der Waals surface area contributed by atoms with Crippen LogP contribution in [0.4, 0.5) is 17.1 Å². The minimum absolute atomic E-state index is 1.10. The third-order valence-electron chi connectivity index (χ3n) is 12.7. The first-order valence-electron chi connectivity index (χ1n) is 21.2. The van der Waals surface area contributed by atoms with Gasteiger partial charge in [0.1, 0.15) is 0 Å². The predicted molar refractivity (Wildman–Crippen MR) is 266 cm³/mol. The molecule has 0 radical (unpaired) electrons. The molecule has 3 aromatic heterocycles. The molecule has 0 bridgehead atoms. The van der Waals surface area contributed by atoms with Crippen molar-refractivity contribution < 1.29 is 0 Å². The molecule has 3 heterocycles. The number of para-hydroxylation sites is 3. The van der Waals surface area contributed by atoms with Crippen molar-refractivity contribution in [1.82, 2.24) is 9.13 Å². The van der Waals surface area contributed by atoms with Gasteiger partial charge in [-0.25, -0.2) is 0 Å². The Morgan fingerprint density at radius 1 is 0.355 bits per heavy atom. The topological polar surface area (TPSA) is 13.1 Å². The van der Waals surface area contributed by atoms with E-state index in [-0.39, 0.29) is 0 Å². The van der Waals surface area contributed by atoms with E-state index in [2.05, 4.69) is 238 Å². The molecule has 62 heavy (non-hydrogen) atoms. The molecule has 0 fully saturated rings. The van der Waals surface area contributed by atoms with Crippen molar-refractivity contribution in [2.24, 2.45) is 0 Å². The van der Waals surface area contributed by atoms with E-state index in [4.69, 9.17) is 0 Å². The van der Waals surface area contributed by atoms with Crippen molar-refractivity contribution in [3.05, 3.63) is 224 Å². The first-order chi connectivity index (χ1) is 30.8. The zero-order chi connectivity index (χ0) is 40.7. The molecule has 0 N–H and O–H groups in total. The summed E-state index contributed by atoms with van der Waals surface area (Å²) in [5.41, 5.74) is 12.9. The van der Waals surface area contributed by atoms with Gasteiger partial charge in [0.15, 0.2) is 0 Å². The molecule has 13 rings (SSSR count). The molecule has 0 aliphatic heterocycles. The van der Waals surface area contributed by atoms with Crippen molar-refractivity contribution in [2.75, 3.05) is 4.90 Å². The second-order valence-electron chi connectivity index (χ2n) is 16.1. The Balaban J connectivity index is 1.01. The second-order valence-corrected chi connectivity index (χ2v) is 17.1. The lowest BCUT2D eigenvalue weighted by Gasteiger charge is -2.27. The molecule has 0 aliphatic rings. The van der Waals surface area contributed by atoms with E-state index in [1.54, 1.807) is 0 Å². The highest BCUT2D eigenvalue weighted by atomic mass is 32.1. The molecule has 0 aliphatic carbocycles. The Morgan fingerprint density at radius 2 is 0.984 bits per heavy atom. The molecule has 13 aromatic rings. The van der Waals surface area contributed by atoms with Gasteiger partial charge in [-0.1, -0.05) is 152 Å². The van der Waals surface area contributed by atoms with Crippen LogP contribution in [0.2, 0.25) is 0 Å². The normalized spacial score (nSPS) is 11.9. The molecule has 0 saturated carbocycles. The van der Waals surface area contributed by atoms with Crippen LogP contribution in [0, 0.1) is 0 Å². The van der Waals surface area contributed by atoms with Crippen LogP contribution in [0.5, 0.6) is 0 Å². The van der Waals surface area contributed by atoms with Gasteiger partial charge in [0, 0.05) is 59.5 Å². The highest BCUT2D eigenvalue weighted by molar-refractivity contribution is 7.26. The molecular formula is C58H37N3S. The van der Waals surface area contributed by atoms with Gasteiger partial charge in [0.05, 0.1) is 38.1 Å². The lowest BCUT2D eigenvalue weighted by atomic mass is 10.0. The van der Waals surface area contributed by atoms with Crippen molar-refractivity contribution in [3.8, 4) is 22.5 Å². The van der Waals surface area contributed by atoms with Gasteiger partial charge in [0.2, 0.25) is 0 Å². The van der Waals surface area contributed by atoms with Crippen LogP contribution in [-0.2, 0) is 0 Å². The molecule has 0 saturated heterocycles. The fourth-order valence-electron chi connectivity index (χ4n) is 9.98.